The van der Waals surface area contributed by atoms with Gasteiger partial charge in [-0.05, 0) is 36.4 Å². The fourth-order valence-corrected chi connectivity index (χ4v) is 2.27. The van der Waals surface area contributed by atoms with Gasteiger partial charge in [0, 0.05) is 9.50 Å². The van der Waals surface area contributed by atoms with E-state index >= 15 is 0 Å². The lowest BCUT2D eigenvalue weighted by molar-refractivity contribution is 1.45. The average Bonchev–Trinajstić information content (AvgIpc) is 2.33. The molecule has 18 heavy (non-hydrogen) atoms. The molecule has 2 rings (SSSR count). The maximum absolute atomic E-state index is 9.04. The van der Waals surface area contributed by atoms with Crippen molar-refractivity contribution in [3.05, 3.63) is 56.5 Å². The lowest BCUT2D eigenvalue weighted by Crippen LogP contribution is -1.94. The molecule has 0 heterocycles. The van der Waals surface area contributed by atoms with Crippen LogP contribution in [-0.2, 0) is 0 Å². The van der Waals surface area contributed by atoms with Crippen molar-refractivity contribution in [1.29, 1.82) is 5.26 Å². The van der Waals surface area contributed by atoms with Crippen LogP contribution in [0.1, 0.15) is 5.56 Å². The van der Waals surface area contributed by atoms with Gasteiger partial charge in [-0.3, -0.25) is 0 Å². The highest BCUT2D eigenvalue weighted by Crippen LogP contribution is 2.30. The van der Waals surface area contributed by atoms with Crippen LogP contribution in [0.5, 0.6) is 0 Å². The molecule has 0 radical (unpaired) electrons. The van der Waals surface area contributed by atoms with Crippen LogP contribution in [0.2, 0.25) is 10.0 Å². The summed E-state index contributed by atoms with van der Waals surface area (Å²) in [6.45, 7) is 0. The maximum atomic E-state index is 9.04. The minimum Gasteiger partial charge on any atom is -0.353 e. The summed E-state index contributed by atoms with van der Waals surface area (Å²) in [5.74, 6) is 0. The lowest BCUT2D eigenvalue weighted by Gasteiger charge is -2.10. The van der Waals surface area contributed by atoms with E-state index in [1.165, 1.54) is 0 Å². The highest BCUT2D eigenvalue weighted by molar-refractivity contribution is 9.10. The second-order valence-electron chi connectivity index (χ2n) is 3.55. The molecule has 2 nitrogen and oxygen atoms in total. The summed E-state index contributed by atoms with van der Waals surface area (Å²) in [6.07, 6.45) is 0. The second kappa shape index (κ2) is 5.62. The molecule has 0 saturated heterocycles. The van der Waals surface area contributed by atoms with E-state index in [0.717, 1.165) is 4.47 Å². The summed E-state index contributed by atoms with van der Waals surface area (Å²) in [4.78, 5) is 0. The fraction of sp³-hybridized carbons (Fsp3) is 0. The van der Waals surface area contributed by atoms with Crippen LogP contribution in [0.3, 0.4) is 0 Å². The number of rotatable bonds is 2. The van der Waals surface area contributed by atoms with Crippen LogP contribution in [0.4, 0.5) is 11.4 Å². The monoisotopic (exact) mass is 340 g/mol. The zero-order chi connectivity index (χ0) is 13.1. The van der Waals surface area contributed by atoms with E-state index in [9.17, 15) is 0 Å². The first-order valence-electron chi connectivity index (χ1n) is 5.02. The molecule has 90 valence electrons. The molecule has 2 aromatic carbocycles. The van der Waals surface area contributed by atoms with Crippen molar-refractivity contribution in [3.8, 4) is 6.07 Å². The molecule has 0 amide bonds. The first-order chi connectivity index (χ1) is 8.60. The zero-order valence-electron chi connectivity index (χ0n) is 9.05. The van der Waals surface area contributed by atoms with Crippen molar-refractivity contribution in [3.63, 3.8) is 0 Å². The van der Waals surface area contributed by atoms with E-state index in [4.69, 9.17) is 28.5 Å². The Morgan fingerprint density at radius 2 is 1.83 bits per heavy atom. The molecule has 0 aliphatic rings. The van der Waals surface area contributed by atoms with Gasteiger partial charge >= 0.3 is 0 Å². The van der Waals surface area contributed by atoms with Crippen molar-refractivity contribution in [2.24, 2.45) is 0 Å². The molecule has 0 atom stereocenters. The largest absolute Gasteiger partial charge is 0.353 e. The van der Waals surface area contributed by atoms with Gasteiger partial charge in [0.05, 0.1) is 22.0 Å². The molecule has 2 aromatic rings. The molecule has 0 saturated carbocycles. The summed E-state index contributed by atoms with van der Waals surface area (Å²) >= 11 is 15.3. The number of nitrogens with zero attached hydrogens (tertiary/aromatic N) is 1. The van der Waals surface area contributed by atoms with Gasteiger partial charge in [0.2, 0.25) is 0 Å². The molecule has 0 unspecified atom stereocenters. The topological polar surface area (TPSA) is 35.8 Å². The fourth-order valence-electron chi connectivity index (χ4n) is 1.45. The SMILES string of the molecule is N#Cc1ccc(Br)cc1Nc1ccc(Cl)cc1Cl. The molecular weight excluding hydrogens is 335 g/mol. The molecule has 0 spiro atoms. The Morgan fingerprint density at radius 1 is 1.06 bits per heavy atom. The summed E-state index contributed by atoms with van der Waals surface area (Å²) in [5, 5.41) is 13.2. The van der Waals surface area contributed by atoms with E-state index in [2.05, 4.69) is 27.3 Å². The van der Waals surface area contributed by atoms with Crippen molar-refractivity contribution >= 4 is 50.5 Å². The third-order valence-electron chi connectivity index (χ3n) is 2.30. The third kappa shape index (κ3) is 2.97. The van der Waals surface area contributed by atoms with Gasteiger partial charge in [-0.2, -0.15) is 5.26 Å². The number of halogens is 3. The molecule has 0 aromatic heterocycles. The van der Waals surface area contributed by atoms with Crippen molar-refractivity contribution < 1.29 is 0 Å². The van der Waals surface area contributed by atoms with E-state index in [1.807, 2.05) is 12.1 Å². The Balaban J connectivity index is 2.40. The van der Waals surface area contributed by atoms with E-state index in [-0.39, 0.29) is 0 Å². The number of nitriles is 1. The van der Waals surface area contributed by atoms with Crippen LogP contribution in [0.25, 0.3) is 0 Å². The smallest absolute Gasteiger partial charge is 0.101 e. The van der Waals surface area contributed by atoms with Crippen molar-refractivity contribution in [1.82, 2.24) is 0 Å². The standard InChI is InChI=1S/C13H7BrCl2N2/c14-9-2-1-8(7-17)13(5-9)18-12-4-3-10(15)6-11(12)16/h1-6,18H. The predicted octanol–water partition coefficient (Wildman–Crippen LogP) is 5.37. The second-order valence-corrected chi connectivity index (χ2v) is 5.31. The normalized spacial score (nSPS) is 9.89. The van der Waals surface area contributed by atoms with Crippen LogP contribution < -0.4 is 5.32 Å². The number of anilines is 2. The first-order valence-corrected chi connectivity index (χ1v) is 6.57. The van der Waals surface area contributed by atoms with Crippen LogP contribution >= 0.6 is 39.1 Å². The number of nitrogens with one attached hydrogen (secondary N) is 1. The minimum atomic E-state index is 0.506. The Hall–Kier alpha value is -1.21. The molecular formula is C13H7BrCl2N2. The van der Waals surface area contributed by atoms with Crippen LogP contribution in [0.15, 0.2) is 40.9 Å². The Kier molecular flexibility index (Phi) is 4.13. The Bertz CT molecular complexity index is 635. The predicted molar refractivity (Wildman–Crippen MR) is 78.6 cm³/mol. The Labute approximate surface area is 123 Å². The first kappa shape index (κ1) is 13.2. The van der Waals surface area contributed by atoms with Gasteiger partial charge in [-0.15, -0.1) is 0 Å². The Morgan fingerprint density at radius 3 is 2.50 bits per heavy atom. The average molecular weight is 342 g/mol. The minimum absolute atomic E-state index is 0.506. The molecule has 0 fully saturated rings. The summed E-state index contributed by atoms with van der Waals surface area (Å²) in [6, 6.07) is 12.6. The van der Waals surface area contributed by atoms with Gasteiger partial charge < -0.3 is 5.32 Å². The highest BCUT2D eigenvalue weighted by atomic mass is 79.9. The van der Waals surface area contributed by atoms with Gasteiger partial charge in [0.15, 0.2) is 0 Å². The zero-order valence-corrected chi connectivity index (χ0v) is 12.1. The maximum Gasteiger partial charge on any atom is 0.101 e. The van der Waals surface area contributed by atoms with E-state index < -0.39 is 0 Å². The van der Waals surface area contributed by atoms with E-state index in [1.54, 1.807) is 24.3 Å². The van der Waals surface area contributed by atoms with Gasteiger partial charge in [0.25, 0.3) is 0 Å². The van der Waals surface area contributed by atoms with Crippen LogP contribution in [0, 0.1) is 11.3 Å². The number of hydrogen-bond donors (Lipinski definition) is 1. The number of hydrogen-bond acceptors (Lipinski definition) is 2. The van der Waals surface area contributed by atoms with E-state index in [0.29, 0.717) is 27.0 Å². The van der Waals surface area contributed by atoms with Gasteiger partial charge in [-0.1, -0.05) is 39.1 Å². The molecule has 0 aliphatic carbocycles. The number of benzene rings is 2. The van der Waals surface area contributed by atoms with Crippen molar-refractivity contribution in [2.45, 2.75) is 0 Å². The highest BCUT2D eigenvalue weighted by Gasteiger charge is 2.06. The van der Waals surface area contributed by atoms with Gasteiger partial charge in [-0.25, -0.2) is 0 Å². The lowest BCUT2D eigenvalue weighted by atomic mass is 10.2. The van der Waals surface area contributed by atoms with Crippen molar-refractivity contribution in [2.75, 3.05) is 5.32 Å². The molecule has 1 N–H and O–H groups in total. The molecule has 0 aliphatic heterocycles. The van der Waals surface area contributed by atoms with Gasteiger partial charge in [0.1, 0.15) is 6.07 Å². The summed E-state index contributed by atoms with van der Waals surface area (Å²) in [7, 11) is 0. The quantitative estimate of drug-likeness (QED) is 0.796. The van der Waals surface area contributed by atoms with Crippen LogP contribution in [-0.4, -0.2) is 0 Å². The third-order valence-corrected chi connectivity index (χ3v) is 3.34. The summed E-state index contributed by atoms with van der Waals surface area (Å²) in [5.41, 5.74) is 1.94. The molecule has 5 heteroatoms. The summed E-state index contributed by atoms with van der Waals surface area (Å²) < 4.78 is 0.883. The molecule has 0 bridgehead atoms.